The van der Waals surface area contributed by atoms with Gasteiger partial charge in [-0.05, 0) is 30.5 Å². The molecule has 1 saturated carbocycles. The van der Waals surface area contributed by atoms with E-state index in [1.165, 1.54) is 24.0 Å². The van der Waals surface area contributed by atoms with Crippen LogP contribution in [0.25, 0.3) is 6.08 Å². The summed E-state index contributed by atoms with van der Waals surface area (Å²) >= 11 is 0. The maximum atomic E-state index is 5.88. The van der Waals surface area contributed by atoms with Crippen LogP contribution in [-0.2, 0) is 6.54 Å². The third-order valence-electron chi connectivity index (χ3n) is 3.58. The summed E-state index contributed by atoms with van der Waals surface area (Å²) in [7, 11) is 0. The lowest BCUT2D eigenvalue weighted by atomic mass is 10.2. The Balaban J connectivity index is 1.53. The van der Waals surface area contributed by atoms with Gasteiger partial charge in [0.15, 0.2) is 0 Å². The van der Waals surface area contributed by atoms with Crippen LogP contribution in [0.5, 0.6) is 5.75 Å². The van der Waals surface area contributed by atoms with Crippen molar-refractivity contribution in [3.05, 3.63) is 71.8 Å². The molecule has 2 nitrogen and oxygen atoms in total. The van der Waals surface area contributed by atoms with Crippen molar-refractivity contribution < 1.29 is 4.74 Å². The molecule has 3 rings (SSSR count). The van der Waals surface area contributed by atoms with E-state index in [0.717, 1.165) is 18.3 Å². The number of benzene rings is 2. The standard InChI is InChI=1S/C19H21NO/c1-2-7-16(8-3-1)9-6-14-21-19-11-5-4-10-17(19)15-20-18-12-13-18/h1-11,18,20H,12-15H2/b9-6+. The van der Waals surface area contributed by atoms with Crippen LogP contribution in [0, 0.1) is 0 Å². The summed E-state index contributed by atoms with van der Waals surface area (Å²) in [4.78, 5) is 0. The van der Waals surface area contributed by atoms with Gasteiger partial charge in [0, 0.05) is 18.2 Å². The van der Waals surface area contributed by atoms with Gasteiger partial charge < -0.3 is 10.1 Å². The van der Waals surface area contributed by atoms with E-state index in [9.17, 15) is 0 Å². The monoisotopic (exact) mass is 279 g/mol. The molecule has 0 heterocycles. The van der Waals surface area contributed by atoms with E-state index in [1.54, 1.807) is 0 Å². The van der Waals surface area contributed by atoms with E-state index >= 15 is 0 Å². The molecule has 0 saturated heterocycles. The highest BCUT2D eigenvalue weighted by Gasteiger charge is 2.20. The SMILES string of the molecule is C(=C\c1ccccc1)/COc1ccccc1CNC1CC1. The number of rotatable bonds is 7. The molecule has 2 aromatic carbocycles. The van der Waals surface area contributed by atoms with Crippen LogP contribution in [0.2, 0.25) is 0 Å². The number of nitrogens with one attached hydrogen (secondary N) is 1. The molecule has 0 spiro atoms. The zero-order valence-corrected chi connectivity index (χ0v) is 12.2. The lowest BCUT2D eigenvalue weighted by molar-refractivity contribution is 0.358. The summed E-state index contributed by atoms with van der Waals surface area (Å²) < 4.78 is 5.88. The van der Waals surface area contributed by atoms with Gasteiger partial charge in [0.25, 0.3) is 0 Å². The first-order valence-corrected chi connectivity index (χ1v) is 7.57. The maximum absolute atomic E-state index is 5.88. The van der Waals surface area contributed by atoms with Gasteiger partial charge in [-0.2, -0.15) is 0 Å². The molecular weight excluding hydrogens is 258 g/mol. The third-order valence-corrected chi connectivity index (χ3v) is 3.58. The van der Waals surface area contributed by atoms with Crippen molar-refractivity contribution in [2.24, 2.45) is 0 Å². The summed E-state index contributed by atoms with van der Waals surface area (Å²) in [6, 6.07) is 19.3. The maximum Gasteiger partial charge on any atom is 0.124 e. The molecule has 2 heteroatoms. The van der Waals surface area contributed by atoms with Crippen molar-refractivity contribution in [3.8, 4) is 5.75 Å². The first-order chi connectivity index (χ1) is 10.4. The van der Waals surface area contributed by atoms with Crippen LogP contribution in [-0.4, -0.2) is 12.6 Å². The van der Waals surface area contributed by atoms with Gasteiger partial charge in [0.1, 0.15) is 12.4 Å². The van der Waals surface area contributed by atoms with Gasteiger partial charge in [-0.1, -0.05) is 54.6 Å². The summed E-state index contributed by atoms with van der Waals surface area (Å²) in [5, 5.41) is 3.53. The van der Waals surface area contributed by atoms with Gasteiger partial charge in [-0.25, -0.2) is 0 Å². The molecule has 0 aliphatic heterocycles. The van der Waals surface area contributed by atoms with E-state index in [4.69, 9.17) is 4.74 Å². The van der Waals surface area contributed by atoms with Gasteiger partial charge >= 0.3 is 0 Å². The molecule has 1 aliphatic rings. The van der Waals surface area contributed by atoms with Crippen LogP contribution in [0.15, 0.2) is 60.7 Å². The Morgan fingerprint density at radius 3 is 2.57 bits per heavy atom. The summed E-state index contributed by atoms with van der Waals surface area (Å²) in [6.45, 7) is 1.48. The Labute approximate surface area is 126 Å². The molecular formula is C19H21NO. The fraction of sp³-hybridized carbons (Fsp3) is 0.263. The van der Waals surface area contributed by atoms with Crippen molar-refractivity contribution in [3.63, 3.8) is 0 Å². The van der Waals surface area contributed by atoms with E-state index < -0.39 is 0 Å². The fourth-order valence-corrected chi connectivity index (χ4v) is 2.22. The summed E-state index contributed by atoms with van der Waals surface area (Å²) in [6.07, 6.45) is 6.76. The topological polar surface area (TPSA) is 21.3 Å². The molecule has 0 atom stereocenters. The first-order valence-electron chi connectivity index (χ1n) is 7.57. The van der Waals surface area contributed by atoms with E-state index in [2.05, 4.69) is 41.7 Å². The highest BCUT2D eigenvalue weighted by molar-refractivity contribution is 5.48. The lowest BCUT2D eigenvalue weighted by Gasteiger charge is -2.10. The molecule has 21 heavy (non-hydrogen) atoms. The van der Waals surface area contributed by atoms with E-state index in [-0.39, 0.29) is 0 Å². The Kier molecular flexibility index (Phi) is 4.70. The molecule has 1 aliphatic carbocycles. The van der Waals surface area contributed by atoms with E-state index in [0.29, 0.717) is 6.61 Å². The lowest BCUT2D eigenvalue weighted by Crippen LogP contribution is -2.16. The summed E-state index contributed by atoms with van der Waals surface area (Å²) in [5.41, 5.74) is 2.43. The third kappa shape index (κ3) is 4.47. The van der Waals surface area contributed by atoms with Crippen molar-refractivity contribution in [1.82, 2.24) is 5.32 Å². The summed E-state index contributed by atoms with van der Waals surface area (Å²) in [5.74, 6) is 0.975. The Morgan fingerprint density at radius 2 is 1.76 bits per heavy atom. The number of hydrogen-bond donors (Lipinski definition) is 1. The molecule has 0 radical (unpaired) electrons. The highest BCUT2D eigenvalue weighted by Crippen LogP contribution is 2.22. The first kappa shape index (κ1) is 13.9. The second-order valence-corrected chi connectivity index (χ2v) is 5.39. The van der Waals surface area contributed by atoms with E-state index in [1.807, 2.05) is 30.3 Å². The fourth-order valence-electron chi connectivity index (χ4n) is 2.22. The van der Waals surface area contributed by atoms with Crippen molar-refractivity contribution in [2.75, 3.05) is 6.61 Å². The van der Waals surface area contributed by atoms with Gasteiger partial charge in [0.2, 0.25) is 0 Å². The van der Waals surface area contributed by atoms with Crippen molar-refractivity contribution in [2.45, 2.75) is 25.4 Å². The number of para-hydroxylation sites is 1. The minimum absolute atomic E-state index is 0.593. The molecule has 108 valence electrons. The minimum atomic E-state index is 0.593. The number of ether oxygens (including phenoxy) is 1. The predicted octanol–water partition coefficient (Wildman–Crippen LogP) is 4.03. The van der Waals surface area contributed by atoms with Crippen LogP contribution in [0.1, 0.15) is 24.0 Å². The van der Waals surface area contributed by atoms with Crippen molar-refractivity contribution >= 4 is 6.08 Å². The van der Waals surface area contributed by atoms with Crippen molar-refractivity contribution in [1.29, 1.82) is 0 Å². The van der Waals surface area contributed by atoms with Crippen LogP contribution < -0.4 is 10.1 Å². The predicted molar refractivity (Wildman–Crippen MR) is 87.3 cm³/mol. The van der Waals surface area contributed by atoms with Gasteiger partial charge in [-0.15, -0.1) is 0 Å². The smallest absolute Gasteiger partial charge is 0.124 e. The average molecular weight is 279 g/mol. The van der Waals surface area contributed by atoms with Crippen LogP contribution in [0.3, 0.4) is 0 Å². The quantitative estimate of drug-likeness (QED) is 0.826. The second-order valence-electron chi connectivity index (χ2n) is 5.39. The normalized spacial score (nSPS) is 14.5. The molecule has 0 amide bonds. The number of hydrogen-bond acceptors (Lipinski definition) is 2. The Hall–Kier alpha value is -2.06. The van der Waals surface area contributed by atoms with Gasteiger partial charge in [-0.3, -0.25) is 0 Å². The zero-order valence-electron chi connectivity index (χ0n) is 12.2. The van der Waals surface area contributed by atoms with Crippen LogP contribution in [0.4, 0.5) is 0 Å². The highest BCUT2D eigenvalue weighted by atomic mass is 16.5. The average Bonchev–Trinajstić information content (AvgIpc) is 3.36. The molecule has 1 N–H and O–H groups in total. The van der Waals surface area contributed by atoms with Crippen LogP contribution >= 0.6 is 0 Å². The zero-order chi connectivity index (χ0) is 14.3. The molecule has 0 aromatic heterocycles. The second kappa shape index (κ2) is 7.09. The molecule has 0 unspecified atom stereocenters. The largest absolute Gasteiger partial charge is 0.489 e. The molecule has 1 fully saturated rings. The van der Waals surface area contributed by atoms with Gasteiger partial charge in [0.05, 0.1) is 0 Å². The Morgan fingerprint density at radius 1 is 1.00 bits per heavy atom. The minimum Gasteiger partial charge on any atom is -0.489 e. The molecule has 2 aromatic rings. The molecule has 0 bridgehead atoms. The Bertz CT molecular complexity index is 588.